The molecule has 0 aliphatic rings. The maximum absolute atomic E-state index is 12.0. The van der Waals surface area contributed by atoms with E-state index >= 15 is 0 Å². The number of carbonyl (C=O) groups excluding carboxylic acids is 1. The fraction of sp³-hybridized carbons (Fsp3) is 0.300. The van der Waals surface area contributed by atoms with Gasteiger partial charge in [0, 0.05) is 11.0 Å². The average Bonchev–Trinajstić information content (AvgIpc) is 2.90. The van der Waals surface area contributed by atoms with E-state index in [4.69, 9.17) is 12.2 Å². The Labute approximate surface area is 135 Å². The van der Waals surface area contributed by atoms with Gasteiger partial charge in [0.15, 0.2) is 10.6 Å². The van der Waals surface area contributed by atoms with E-state index < -0.39 is 0 Å². The molecule has 0 aliphatic carbocycles. The molecule has 0 radical (unpaired) electrons. The number of carbonyl (C=O) groups is 1. The minimum atomic E-state index is -0.132. The first-order valence-corrected chi connectivity index (χ1v) is 8.21. The van der Waals surface area contributed by atoms with Crippen LogP contribution < -0.4 is 5.32 Å². The number of aromatic nitrogens is 3. The minimum absolute atomic E-state index is 0.132. The van der Waals surface area contributed by atoms with E-state index in [0.29, 0.717) is 16.2 Å². The summed E-state index contributed by atoms with van der Waals surface area (Å²) in [6, 6.07) is 1.78. The summed E-state index contributed by atoms with van der Waals surface area (Å²) in [6.07, 6.45) is 0. The van der Waals surface area contributed by atoms with Crippen LogP contribution in [0.5, 0.6) is 0 Å². The van der Waals surface area contributed by atoms with Crippen molar-refractivity contribution in [3.63, 3.8) is 0 Å². The first-order chi connectivity index (χ1) is 9.02. The molecule has 0 unspecified atom stereocenters. The third-order valence-electron chi connectivity index (χ3n) is 2.43. The van der Waals surface area contributed by atoms with Crippen LogP contribution in [0.1, 0.15) is 22.4 Å². The Morgan fingerprint density at radius 2 is 2.37 bits per heavy atom. The highest BCUT2D eigenvalue weighted by molar-refractivity contribution is 9.13. The SMILES string of the molecule is CCn1c(CNC(=O)c2cc(Br)c(Br)s2)n[nH]c1=S. The van der Waals surface area contributed by atoms with Crippen molar-refractivity contribution in [1.29, 1.82) is 0 Å². The molecule has 0 saturated heterocycles. The third-order valence-corrected chi connectivity index (χ3v) is 6.00. The zero-order chi connectivity index (χ0) is 14.0. The molecule has 5 nitrogen and oxygen atoms in total. The molecule has 19 heavy (non-hydrogen) atoms. The number of H-pyrrole nitrogens is 1. The van der Waals surface area contributed by atoms with Crippen LogP contribution in [0.15, 0.2) is 14.3 Å². The molecule has 9 heteroatoms. The highest BCUT2D eigenvalue weighted by atomic mass is 79.9. The summed E-state index contributed by atoms with van der Waals surface area (Å²) in [5, 5.41) is 9.63. The van der Waals surface area contributed by atoms with Crippen LogP contribution in [0, 0.1) is 4.77 Å². The van der Waals surface area contributed by atoms with Gasteiger partial charge in [0.05, 0.1) is 15.2 Å². The molecule has 0 aliphatic heterocycles. The average molecular weight is 426 g/mol. The zero-order valence-electron chi connectivity index (χ0n) is 9.87. The van der Waals surface area contributed by atoms with E-state index in [9.17, 15) is 4.79 Å². The summed E-state index contributed by atoms with van der Waals surface area (Å²) in [6.45, 7) is 3.04. The standard InChI is InChI=1S/C10H10Br2N4OS2/c1-2-16-7(14-15-10(16)18)4-13-9(17)6-3-5(11)8(12)19-6/h3H,2,4H2,1H3,(H,13,17)(H,15,18). The van der Waals surface area contributed by atoms with Gasteiger partial charge in [0.2, 0.25) is 0 Å². The van der Waals surface area contributed by atoms with Gasteiger partial charge in [0.1, 0.15) is 0 Å². The molecule has 0 atom stereocenters. The molecule has 2 N–H and O–H groups in total. The number of hydrogen-bond donors (Lipinski definition) is 2. The first kappa shape index (κ1) is 14.9. The molecule has 2 heterocycles. The molecule has 0 aromatic carbocycles. The Morgan fingerprint density at radius 1 is 1.63 bits per heavy atom. The second kappa shape index (κ2) is 6.29. The van der Waals surface area contributed by atoms with Gasteiger partial charge in [0.25, 0.3) is 5.91 Å². The summed E-state index contributed by atoms with van der Waals surface area (Å²) < 4.78 is 4.18. The number of nitrogens with zero attached hydrogens (tertiary/aromatic N) is 2. The smallest absolute Gasteiger partial charge is 0.261 e. The summed E-state index contributed by atoms with van der Waals surface area (Å²) >= 11 is 13.2. The Morgan fingerprint density at radius 3 is 2.95 bits per heavy atom. The Balaban J connectivity index is 2.06. The van der Waals surface area contributed by atoms with Crippen molar-refractivity contribution in [2.24, 2.45) is 0 Å². The van der Waals surface area contributed by atoms with E-state index in [2.05, 4.69) is 47.4 Å². The van der Waals surface area contributed by atoms with Crippen LogP contribution in [0.25, 0.3) is 0 Å². The number of aromatic amines is 1. The van der Waals surface area contributed by atoms with E-state index in [1.807, 2.05) is 11.5 Å². The van der Waals surface area contributed by atoms with Gasteiger partial charge in [-0.25, -0.2) is 0 Å². The monoisotopic (exact) mass is 424 g/mol. The van der Waals surface area contributed by atoms with Crippen molar-refractivity contribution in [2.45, 2.75) is 20.0 Å². The lowest BCUT2D eigenvalue weighted by molar-refractivity contribution is 0.0953. The van der Waals surface area contributed by atoms with Crippen molar-refractivity contribution in [1.82, 2.24) is 20.1 Å². The lowest BCUT2D eigenvalue weighted by Crippen LogP contribution is -2.23. The quantitative estimate of drug-likeness (QED) is 0.737. The van der Waals surface area contributed by atoms with Gasteiger partial charge in [-0.1, -0.05) is 0 Å². The van der Waals surface area contributed by atoms with Gasteiger partial charge < -0.3 is 9.88 Å². The summed E-state index contributed by atoms with van der Waals surface area (Å²) in [4.78, 5) is 12.6. The zero-order valence-corrected chi connectivity index (χ0v) is 14.7. The van der Waals surface area contributed by atoms with E-state index in [-0.39, 0.29) is 5.91 Å². The predicted octanol–water partition coefficient (Wildman–Crippen LogP) is 3.48. The summed E-state index contributed by atoms with van der Waals surface area (Å²) in [5.41, 5.74) is 0. The topological polar surface area (TPSA) is 62.7 Å². The molecule has 0 saturated carbocycles. The maximum atomic E-state index is 12.0. The predicted molar refractivity (Wildman–Crippen MR) is 84.0 cm³/mol. The van der Waals surface area contributed by atoms with E-state index in [0.717, 1.165) is 20.6 Å². The fourth-order valence-corrected chi connectivity index (χ4v) is 3.75. The molecule has 2 aromatic rings. The Bertz CT molecular complexity index is 641. The number of amides is 1. The molecule has 0 spiro atoms. The van der Waals surface area contributed by atoms with E-state index in [1.54, 1.807) is 6.07 Å². The lowest BCUT2D eigenvalue weighted by Gasteiger charge is -2.04. The van der Waals surface area contributed by atoms with Crippen LogP contribution in [0.2, 0.25) is 0 Å². The molecule has 2 rings (SSSR count). The third kappa shape index (κ3) is 3.33. The molecule has 102 valence electrons. The number of hydrogen-bond acceptors (Lipinski definition) is 4. The molecule has 2 aromatic heterocycles. The van der Waals surface area contributed by atoms with Gasteiger partial charge in [-0.2, -0.15) is 5.10 Å². The highest BCUT2D eigenvalue weighted by Gasteiger charge is 2.13. The number of thiophene rings is 1. The van der Waals surface area contributed by atoms with Crippen molar-refractivity contribution in [2.75, 3.05) is 0 Å². The highest BCUT2D eigenvalue weighted by Crippen LogP contribution is 2.32. The van der Waals surface area contributed by atoms with Crippen molar-refractivity contribution in [3.8, 4) is 0 Å². The number of rotatable bonds is 4. The first-order valence-electron chi connectivity index (χ1n) is 5.40. The number of nitrogens with one attached hydrogen (secondary N) is 2. The molecular formula is C10H10Br2N4OS2. The van der Waals surface area contributed by atoms with Crippen molar-refractivity contribution >= 4 is 61.3 Å². The van der Waals surface area contributed by atoms with Crippen LogP contribution in [0.3, 0.4) is 0 Å². The van der Waals surface area contributed by atoms with Crippen LogP contribution >= 0.6 is 55.4 Å². The van der Waals surface area contributed by atoms with E-state index in [1.165, 1.54) is 11.3 Å². The largest absolute Gasteiger partial charge is 0.344 e. The molecule has 0 fully saturated rings. The number of halogens is 2. The second-order valence-corrected chi connectivity index (χ2v) is 7.22. The second-order valence-electron chi connectivity index (χ2n) is 3.60. The summed E-state index contributed by atoms with van der Waals surface area (Å²) in [7, 11) is 0. The normalized spacial score (nSPS) is 10.7. The lowest BCUT2D eigenvalue weighted by atomic mass is 10.4. The van der Waals surface area contributed by atoms with Crippen molar-refractivity contribution in [3.05, 3.63) is 29.8 Å². The maximum Gasteiger partial charge on any atom is 0.261 e. The van der Waals surface area contributed by atoms with Crippen LogP contribution in [0.4, 0.5) is 0 Å². The Kier molecular flexibility index (Phi) is 4.93. The summed E-state index contributed by atoms with van der Waals surface area (Å²) in [5.74, 6) is 0.587. The van der Waals surface area contributed by atoms with Gasteiger partial charge >= 0.3 is 0 Å². The minimum Gasteiger partial charge on any atom is -0.344 e. The molecule has 0 bridgehead atoms. The van der Waals surface area contributed by atoms with Gasteiger partial charge in [-0.3, -0.25) is 9.89 Å². The molecular weight excluding hydrogens is 416 g/mol. The van der Waals surface area contributed by atoms with Crippen molar-refractivity contribution < 1.29 is 4.79 Å². The van der Waals surface area contributed by atoms with Gasteiger partial charge in [-0.05, 0) is 57.1 Å². The van der Waals surface area contributed by atoms with Gasteiger partial charge in [-0.15, -0.1) is 11.3 Å². The Hall–Kier alpha value is -0.510. The van der Waals surface area contributed by atoms with Crippen LogP contribution in [-0.4, -0.2) is 20.7 Å². The molecule has 1 amide bonds. The fourth-order valence-electron chi connectivity index (χ4n) is 1.52. The van der Waals surface area contributed by atoms with Crippen LogP contribution in [-0.2, 0) is 13.1 Å².